The number of piperidine rings is 1. The summed E-state index contributed by atoms with van der Waals surface area (Å²) in [5.41, 5.74) is 1.54. The molecule has 2 heterocycles. The molecule has 0 amide bonds. The molecule has 138 valence electrons. The van der Waals surface area contributed by atoms with Gasteiger partial charge in [0.25, 0.3) is 0 Å². The Morgan fingerprint density at radius 3 is 2.48 bits per heavy atom. The van der Waals surface area contributed by atoms with E-state index in [1.54, 1.807) is 6.07 Å². The van der Waals surface area contributed by atoms with Crippen molar-refractivity contribution in [2.75, 3.05) is 13.1 Å². The van der Waals surface area contributed by atoms with Gasteiger partial charge < -0.3 is 4.42 Å². The molecule has 1 aromatic heterocycles. The number of carbonyl (C=O) groups is 1. The van der Waals surface area contributed by atoms with Gasteiger partial charge >= 0.3 is 0 Å². The predicted molar refractivity (Wildman–Crippen MR) is 104 cm³/mol. The number of Topliss-reactive ketones (excluding diaryl/α,β-unsaturated/α-hetero) is 1. The molecular formula is C21H20ClN3O2. The largest absolute Gasteiger partial charge is 0.419 e. The Kier molecular flexibility index (Phi) is 5.32. The second kappa shape index (κ2) is 8.03. The number of carbonyl (C=O) groups excluding carboxylic acids is 1. The lowest BCUT2D eigenvalue weighted by atomic mass is 9.89. The van der Waals surface area contributed by atoms with Crippen LogP contribution in [0.2, 0.25) is 5.02 Å². The minimum atomic E-state index is 0.0880. The lowest BCUT2D eigenvalue weighted by Crippen LogP contribution is -2.36. The van der Waals surface area contributed by atoms with Crippen LogP contribution in [0.25, 0.3) is 11.5 Å². The number of ketones is 1. The Bertz CT molecular complexity index is 918. The highest BCUT2D eigenvalue weighted by molar-refractivity contribution is 6.33. The summed E-state index contributed by atoms with van der Waals surface area (Å²) in [6.07, 6.45) is 1.69. The number of aromatic nitrogens is 2. The van der Waals surface area contributed by atoms with E-state index in [1.807, 2.05) is 48.5 Å². The van der Waals surface area contributed by atoms with E-state index in [0.29, 0.717) is 23.3 Å². The standard InChI is InChI=1S/C21H20ClN3O2/c22-18-9-5-4-8-17(18)21-24-23-19(27-21)14-25-12-10-16(11-13-25)20(26)15-6-2-1-3-7-15/h1-9,16H,10-14H2. The molecule has 5 nitrogen and oxygen atoms in total. The van der Waals surface area contributed by atoms with E-state index in [2.05, 4.69) is 15.1 Å². The third-order valence-electron chi connectivity index (χ3n) is 4.95. The SMILES string of the molecule is O=C(c1ccccc1)C1CCN(Cc2nnc(-c3ccccc3Cl)o2)CC1. The molecule has 2 aromatic carbocycles. The molecule has 1 saturated heterocycles. The Labute approximate surface area is 163 Å². The van der Waals surface area contributed by atoms with Crippen molar-refractivity contribution in [3.63, 3.8) is 0 Å². The van der Waals surface area contributed by atoms with E-state index in [0.717, 1.165) is 37.1 Å². The maximum absolute atomic E-state index is 12.6. The normalized spacial score (nSPS) is 15.7. The molecule has 6 heteroatoms. The summed E-state index contributed by atoms with van der Waals surface area (Å²) < 4.78 is 5.78. The second-order valence-electron chi connectivity index (χ2n) is 6.76. The molecule has 4 rings (SSSR count). The van der Waals surface area contributed by atoms with Gasteiger partial charge in [-0.25, -0.2) is 0 Å². The van der Waals surface area contributed by atoms with Crippen molar-refractivity contribution in [2.24, 2.45) is 5.92 Å². The van der Waals surface area contributed by atoms with E-state index in [9.17, 15) is 4.79 Å². The molecule has 27 heavy (non-hydrogen) atoms. The van der Waals surface area contributed by atoms with Gasteiger partial charge in [-0.15, -0.1) is 10.2 Å². The average Bonchev–Trinajstić information content (AvgIpc) is 3.17. The topological polar surface area (TPSA) is 59.2 Å². The molecule has 0 spiro atoms. The summed E-state index contributed by atoms with van der Waals surface area (Å²) in [7, 11) is 0. The molecule has 3 aromatic rings. The molecule has 0 N–H and O–H groups in total. The first-order valence-corrected chi connectivity index (χ1v) is 9.47. The highest BCUT2D eigenvalue weighted by Crippen LogP contribution is 2.27. The Morgan fingerprint density at radius 1 is 1.04 bits per heavy atom. The van der Waals surface area contributed by atoms with Gasteiger partial charge in [-0.1, -0.05) is 54.1 Å². The van der Waals surface area contributed by atoms with Gasteiger partial charge in [0.1, 0.15) is 0 Å². The van der Waals surface area contributed by atoms with Gasteiger partial charge in [0.15, 0.2) is 5.78 Å². The van der Waals surface area contributed by atoms with Gasteiger partial charge in [-0.05, 0) is 38.1 Å². The number of hydrogen-bond acceptors (Lipinski definition) is 5. The van der Waals surface area contributed by atoms with Crippen molar-refractivity contribution in [1.82, 2.24) is 15.1 Å². The van der Waals surface area contributed by atoms with Crippen molar-refractivity contribution < 1.29 is 9.21 Å². The maximum atomic E-state index is 12.6. The number of halogens is 1. The third kappa shape index (κ3) is 4.10. The first-order valence-electron chi connectivity index (χ1n) is 9.09. The average molecular weight is 382 g/mol. The summed E-state index contributed by atoms with van der Waals surface area (Å²) in [4.78, 5) is 14.8. The zero-order chi connectivity index (χ0) is 18.6. The van der Waals surface area contributed by atoms with Crippen molar-refractivity contribution in [2.45, 2.75) is 19.4 Å². The lowest BCUT2D eigenvalue weighted by Gasteiger charge is -2.30. The number of hydrogen-bond donors (Lipinski definition) is 0. The van der Waals surface area contributed by atoms with Crippen LogP contribution < -0.4 is 0 Å². The highest BCUT2D eigenvalue weighted by Gasteiger charge is 2.26. The van der Waals surface area contributed by atoms with Crippen LogP contribution in [-0.2, 0) is 6.54 Å². The first kappa shape index (κ1) is 17.9. The Morgan fingerprint density at radius 2 is 1.74 bits per heavy atom. The fourth-order valence-corrected chi connectivity index (χ4v) is 3.66. The molecule has 1 fully saturated rings. The molecule has 0 saturated carbocycles. The van der Waals surface area contributed by atoms with Crippen LogP contribution in [0, 0.1) is 5.92 Å². The number of rotatable bonds is 5. The van der Waals surface area contributed by atoms with Gasteiger partial charge in [0, 0.05) is 11.5 Å². The van der Waals surface area contributed by atoms with Crippen molar-refractivity contribution in [1.29, 1.82) is 0 Å². The number of likely N-dealkylation sites (tertiary alicyclic amines) is 1. The van der Waals surface area contributed by atoms with Crippen molar-refractivity contribution >= 4 is 17.4 Å². The summed E-state index contributed by atoms with van der Waals surface area (Å²) in [5.74, 6) is 1.33. The van der Waals surface area contributed by atoms with E-state index < -0.39 is 0 Å². The molecule has 0 radical (unpaired) electrons. The van der Waals surface area contributed by atoms with Gasteiger partial charge in [0.2, 0.25) is 11.8 Å². The van der Waals surface area contributed by atoms with Gasteiger partial charge in [-0.2, -0.15) is 0 Å². The van der Waals surface area contributed by atoms with Crippen LogP contribution in [0.5, 0.6) is 0 Å². The Hall–Kier alpha value is -2.50. The van der Waals surface area contributed by atoms with Crippen LogP contribution >= 0.6 is 11.6 Å². The first-order chi connectivity index (χ1) is 13.2. The summed E-state index contributed by atoms with van der Waals surface area (Å²) in [6, 6.07) is 17.0. The fourth-order valence-electron chi connectivity index (χ4n) is 3.44. The smallest absolute Gasteiger partial charge is 0.249 e. The molecule has 0 unspecified atom stereocenters. The molecular weight excluding hydrogens is 362 g/mol. The number of benzene rings is 2. The van der Waals surface area contributed by atoms with E-state index in [1.165, 1.54) is 0 Å². The molecule has 0 atom stereocenters. The van der Waals surface area contributed by atoms with Gasteiger partial charge in [-0.3, -0.25) is 9.69 Å². The fraction of sp³-hybridized carbons (Fsp3) is 0.286. The number of nitrogens with zero attached hydrogens (tertiary/aromatic N) is 3. The zero-order valence-corrected chi connectivity index (χ0v) is 15.6. The quantitative estimate of drug-likeness (QED) is 0.609. The third-order valence-corrected chi connectivity index (χ3v) is 5.28. The summed E-state index contributed by atoms with van der Waals surface area (Å²) in [5, 5.41) is 8.85. The van der Waals surface area contributed by atoms with Crippen molar-refractivity contribution in [3.8, 4) is 11.5 Å². The van der Waals surface area contributed by atoms with Crippen LogP contribution in [0.4, 0.5) is 0 Å². The van der Waals surface area contributed by atoms with Crippen LogP contribution in [0.15, 0.2) is 59.0 Å². The molecule has 1 aliphatic rings. The predicted octanol–water partition coefficient (Wildman–Crippen LogP) is 4.48. The minimum absolute atomic E-state index is 0.0880. The minimum Gasteiger partial charge on any atom is -0.419 e. The maximum Gasteiger partial charge on any atom is 0.249 e. The lowest BCUT2D eigenvalue weighted by molar-refractivity contribution is 0.0828. The van der Waals surface area contributed by atoms with Crippen LogP contribution in [0.3, 0.4) is 0 Å². The van der Waals surface area contributed by atoms with Crippen LogP contribution in [0.1, 0.15) is 29.1 Å². The van der Waals surface area contributed by atoms with Crippen molar-refractivity contribution in [3.05, 3.63) is 71.1 Å². The van der Waals surface area contributed by atoms with E-state index >= 15 is 0 Å². The molecule has 0 aliphatic carbocycles. The van der Waals surface area contributed by atoms with Gasteiger partial charge in [0.05, 0.1) is 17.1 Å². The monoisotopic (exact) mass is 381 g/mol. The summed E-state index contributed by atoms with van der Waals surface area (Å²) >= 11 is 6.19. The summed E-state index contributed by atoms with van der Waals surface area (Å²) in [6.45, 7) is 2.27. The molecule has 1 aliphatic heterocycles. The zero-order valence-electron chi connectivity index (χ0n) is 14.8. The second-order valence-corrected chi connectivity index (χ2v) is 7.17. The van der Waals surface area contributed by atoms with Crippen LogP contribution in [-0.4, -0.2) is 34.0 Å². The van der Waals surface area contributed by atoms with E-state index in [-0.39, 0.29) is 11.7 Å². The molecule has 0 bridgehead atoms. The highest BCUT2D eigenvalue weighted by atomic mass is 35.5. The Balaban J connectivity index is 1.35. The van der Waals surface area contributed by atoms with E-state index in [4.69, 9.17) is 16.0 Å².